The third-order valence-corrected chi connectivity index (χ3v) is 6.70. The SMILES string of the molecule is Cc1csc(-c2cccc(CNS(=O)(=O)c3ccc4ccccc4c3)c2)n1. The van der Waals surface area contributed by atoms with Gasteiger partial charge in [0.05, 0.1) is 4.90 Å². The molecule has 0 bridgehead atoms. The minimum absolute atomic E-state index is 0.230. The molecule has 4 aromatic rings. The maximum absolute atomic E-state index is 12.7. The molecule has 136 valence electrons. The van der Waals surface area contributed by atoms with Crippen molar-refractivity contribution in [2.75, 3.05) is 0 Å². The van der Waals surface area contributed by atoms with Crippen LogP contribution in [0.4, 0.5) is 0 Å². The van der Waals surface area contributed by atoms with Gasteiger partial charge in [-0.05, 0) is 41.5 Å². The number of nitrogens with one attached hydrogen (secondary N) is 1. The van der Waals surface area contributed by atoms with Gasteiger partial charge >= 0.3 is 0 Å². The molecule has 0 aliphatic carbocycles. The first kappa shape index (κ1) is 17.9. The van der Waals surface area contributed by atoms with Gasteiger partial charge in [0.2, 0.25) is 10.0 Å². The van der Waals surface area contributed by atoms with Gasteiger partial charge in [-0.2, -0.15) is 0 Å². The Hall–Kier alpha value is -2.54. The number of hydrogen-bond acceptors (Lipinski definition) is 4. The number of hydrogen-bond donors (Lipinski definition) is 1. The third kappa shape index (κ3) is 3.93. The van der Waals surface area contributed by atoms with E-state index >= 15 is 0 Å². The molecule has 4 rings (SSSR count). The van der Waals surface area contributed by atoms with Gasteiger partial charge in [0.25, 0.3) is 0 Å². The van der Waals surface area contributed by atoms with E-state index in [1.165, 1.54) is 0 Å². The van der Waals surface area contributed by atoms with Gasteiger partial charge in [-0.25, -0.2) is 18.1 Å². The van der Waals surface area contributed by atoms with E-state index in [4.69, 9.17) is 0 Å². The highest BCUT2D eigenvalue weighted by Gasteiger charge is 2.14. The molecule has 27 heavy (non-hydrogen) atoms. The predicted octanol–water partition coefficient (Wildman–Crippen LogP) is 4.75. The van der Waals surface area contributed by atoms with E-state index in [0.29, 0.717) is 0 Å². The first-order valence-electron chi connectivity index (χ1n) is 8.51. The van der Waals surface area contributed by atoms with Crippen LogP contribution in [0.1, 0.15) is 11.3 Å². The molecule has 0 unspecified atom stereocenters. The van der Waals surface area contributed by atoms with Gasteiger partial charge in [0.15, 0.2) is 0 Å². The van der Waals surface area contributed by atoms with E-state index < -0.39 is 10.0 Å². The van der Waals surface area contributed by atoms with Crippen LogP contribution in [0.2, 0.25) is 0 Å². The molecule has 0 saturated carbocycles. The lowest BCUT2D eigenvalue weighted by Gasteiger charge is -2.09. The van der Waals surface area contributed by atoms with Crippen LogP contribution in [-0.2, 0) is 16.6 Å². The highest BCUT2D eigenvalue weighted by atomic mass is 32.2. The summed E-state index contributed by atoms with van der Waals surface area (Å²) >= 11 is 1.58. The van der Waals surface area contributed by atoms with Crippen LogP contribution in [0, 0.1) is 6.92 Å². The quantitative estimate of drug-likeness (QED) is 0.531. The van der Waals surface area contributed by atoms with Gasteiger partial charge in [-0.3, -0.25) is 0 Å². The van der Waals surface area contributed by atoms with Crippen molar-refractivity contribution in [1.82, 2.24) is 9.71 Å². The third-order valence-electron chi connectivity index (χ3n) is 4.29. The molecular weight excluding hydrogens is 376 g/mol. The molecule has 0 aliphatic heterocycles. The van der Waals surface area contributed by atoms with Gasteiger partial charge < -0.3 is 0 Å². The molecule has 0 atom stereocenters. The smallest absolute Gasteiger partial charge is 0.240 e. The molecule has 1 N–H and O–H groups in total. The number of aromatic nitrogens is 1. The number of thiazole rings is 1. The van der Waals surface area contributed by atoms with Crippen molar-refractivity contribution in [3.05, 3.63) is 83.4 Å². The lowest BCUT2D eigenvalue weighted by atomic mass is 10.1. The Kier molecular flexibility index (Phi) is 4.78. The summed E-state index contributed by atoms with van der Waals surface area (Å²) in [5.74, 6) is 0. The average molecular weight is 395 g/mol. The molecule has 0 spiro atoms. The van der Waals surface area contributed by atoms with Crippen molar-refractivity contribution in [3.63, 3.8) is 0 Å². The Morgan fingerprint density at radius 2 is 1.78 bits per heavy atom. The summed E-state index contributed by atoms with van der Waals surface area (Å²) in [7, 11) is -3.59. The zero-order valence-electron chi connectivity index (χ0n) is 14.7. The second kappa shape index (κ2) is 7.23. The van der Waals surface area contributed by atoms with E-state index in [9.17, 15) is 8.42 Å². The lowest BCUT2D eigenvalue weighted by molar-refractivity contribution is 0.581. The second-order valence-corrected chi connectivity index (χ2v) is 8.95. The summed E-state index contributed by atoms with van der Waals surface area (Å²) in [6.07, 6.45) is 0. The van der Waals surface area contributed by atoms with Crippen LogP contribution in [0.5, 0.6) is 0 Å². The Bertz CT molecular complexity index is 1210. The molecule has 0 fully saturated rings. The Morgan fingerprint density at radius 1 is 0.963 bits per heavy atom. The topological polar surface area (TPSA) is 59.1 Å². The van der Waals surface area contributed by atoms with Crippen molar-refractivity contribution in [1.29, 1.82) is 0 Å². The minimum Gasteiger partial charge on any atom is -0.241 e. The number of rotatable bonds is 5. The Labute approximate surface area is 162 Å². The molecular formula is C21H18N2O2S2. The monoisotopic (exact) mass is 394 g/mol. The fourth-order valence-electron chi connectivity index (χ4n) is 2.90. The summed E-state index contributed by atoms with van der Waals surface area (Å²) in [6, 6.07) is 20.7. The van der Waals surface area contributed by atoms with Crippen LogP contribution in [0.15, 0.2) is 77.0 Å². The number of sulfonamides is 1. The normalized spacial score (nSPS) is 11.7. The molecule has 6 heteroatoms. The molecule has 1 aromatic heterocycles. The van der Waals surface area contributed by atoms with Gasteiger partial charge in [0.1, 0.15) is 5.01 Å². The molecule has 1 heterocycles. The van der Waals surface area contributed by atoms with Crippen molar-refractivity contribution in [2.24, 2.45) is 0 Å². The Balaban J connectivity index is 1.55. The molecule has 0 aliphatic rings. The molecule has 0 saturated heterocycles. The number of fused-ring (bicyclic) bond motifs is 1. The standard InChI is InChI=1S/C21H18N2O2S2/c1-15-14-26-21(23-15)19-8-4-5-16(11-19)13-22-27(24,25)20-10-9-17-6-2-3-7-18(17)12-20/h2-12,14,22H,13H2,1H3. The second-order valence-electron chi connectivity index (χ2n) is 6.33. The first-order chi connectivity index (χ1) is 13.0. The highest BCUT2D eigenvalue weighted by Crippen LogP contribution is 2.24. The van der Waals surface area contributed by atoms with Gasteiger partial charge in [-0.1, -0.05) is 48.5 Å². The van der Waals surface area contributed by atoms with E-state index in [1.807, 2.05) is 66.9 Å². The minimum atomic E-state index is -3.59. The predicted molar refractivity (Wildman–Crippen MR) is 110 cm³/mol. The summed E-state index contributed by atoms with van der Waals surface area (Å²) in [5.41, 5.74) is 2.87. The largest absolute Gasteiger partial charge is 0.241 e. The molecule has 0 radical (unpaired) electrons. The van der Waals surface area contributed by atoms with Crippen LogP contribution in [0.3, 0.4) is 0 Å². The van der Waals surface area contributed by atoms with E-state index in [1.54, 1.807) is 23.5 Å². The van der Waals surface area contributed by atoms with Crippen molar-refractivity contribution >= 4 is 32.1 Å². The lowest BCUT2D eigenvalue weighted by Crippen LogP contribution is -2.23. The first-order valence-corrected chi connectivity index (χ1v) is 10.9. The maximum Gasteiger partial charge on any atom is 0.240 e. The van der Waals surface area contributed by atoms with E-state index in [2.05, 4.69) is 9.71 Å². The Morgan fingerprint density at radius 3 is 2.56 bits per heavy atom. The zero-order valence-corrected chi connectivity index (χ0v) is 16.3. The summed E-state index contributed by atoms with van der Waals surface area (Å²) in [4.78, 5) is 4.76. The van der Waals surface area contributed by atoms with Crippen LogP contribution in [-0.4, -0.2) is 13.4 Å². The average Bonchev–Trinajstić information content (AvgIpc) is 3.13. The van der Waals surface area contributed by atoms with Crippen LogP contribution < -0.4 is 4.72 Å². The van der Waals surface area contributed by atoms with Gasteiger partial charge in [0, 0.05) is 23.2 Å². The number of nitrogens with zero attached hydrogens (tertiary/aromatic N) is 1. The maximum atomic E-state index is 12.7. The fraction of sp³-hybridized carbons (Fsp3) is 0.0952. The number of aryl methyl sites for hydroxylation is 1. The number of benzene rings is 3. The van der Waals surface area contributed by atoms with Crippen molar-refractivity contribution < 1.29 is 8.42 Å². The highest BCUT2D eigenvalue weighted by molar-refractivity contribution is 7.89. The van der Waals surface area contributed by atoms with Crippen molar-refractivity contribution in [2.45, 2.75) is 18.4 Å². The molecule has 4 nitrogen and oxygen atoms in total. The molecule has 0 amide bonds. The zero-order chi connectivity index (χ0) is 18.9. The molecule has 3 aromatic carbocycles. The summed E-state index contributed by atoms with van der Waals surface area (Å²) in [6.45, 7) is 2.19. The van der Waals surface area contributed by atoms with Crippen molar-refractivity contribution in [3.8, 4) is 10.6 Å². The fourth-order valence-corrected chi connectivity index (χ4v) is 4.74. The van der Waals surface area contributed by atoms with Crippen LogP contribution in [0.25, 0.3) is 21.3 Å². The summed E-state index contributed by atoms with van der Waals surface area (Å²) < 4.78 is 28.1. The van der Waals surface area contributed by atoms with E-state index in [0.717, 1.165) is 32.6 Å². The summed E-state index contributed by atoms with van der Waals surface area (Å²) in [5, 5.41) is 4.86. The van der Waals surface area contributed by atoms with Gasteiger partial charge in [-0.15, -0.1) is 11.3 Å². The van der Waals surface area contributed by atoms with E-state index in [-0.39, 0.29) is 11.4 Å². The van der Waals surface area contributed by atoms with Crippen LogP contribution >= 0.6 is 11.3 Å².